The van der Waals surface area contributed by atoms with Crippen LogP contribution in [0.5, 0.6) is 0 Å². The summed E-state index contributed by atoms with van der Waals surface area (Å²) in [6, 6.07) is 0. The monoisotopic (exact) mass is 205 g/mol. The van der Waals surface area contributed by atoms with E-state index in [1.54, 1.807) is 0 Å². The van der Waals surface area contributed by atoms with E-state index in [1.165, 1.54) is 17.5 Å². The van der Waals surface area contributed by atoms with Gasteiger partial charge in [0.15, 0.2) is 0 Å². The van der Waals surface area contributed by atoms with Crippen LogP contribution >= 0.6 is 23.2 Å². The first kappa shape index (κ1) is 10.1. The molecule has 0 bridgehead atoms. The molecule has 0 aromatic heterocycles. The summed E-state index contributed by atoms with van der Waals surface area (Å²) in [5.41, 5.74) is 2.72. The average Bonchev–Trinajstić information content (AvgIpc) is 2.04. The summed E-state index contributed by atoms with van der Waals surface area (Å²) in [4.78, 5) is 2.26. The molecule has 0 atom stereocenters. The van der Waals surface area contributed by atoms with Gasteiger partial charge in [0.25, 0.3) is 0 Å². The topological polar surface area (TPSA) is 3.24 Å². The Balaban J connectivity index is 2.37. The molecular formula is C9H13Cl2N. The first-order chi connectivity index (χ1) is 5.72. The lowest BCUT2D eigenvalue weighted by atomic mass is 10.1. The second-order valence-corrected chi connectivity index (χ2v) is 3.82. The second kappa shape index (κ2) is 4.90. The maximum atomic E-state index is 5.80. The molecule has 0 radical (unpaired) electrons. The highest BCUT2D eigenvalue weighted by atomic mass is 35.5. The Morgan fingerprint density at radius 3 is 3.00 bits per heavy atom. The van der Waals surface area contributed by atoms with Crippen LogP contribution in [-0.4, -0.2) is 24.5 Å². The minimum Gasteiger partial charge on any atom is -0.294 e. The Labute approximate surface area is 83.6 Å². The highest BCUT2D eigenvalue weighted by molar-refractivity contribution is 6.36. The molecule has 0 aliphatic carbocycles. The van der Waals surface area contributed by atoms with Crippen molar-refractivity contribution >= 4 is 23.2 Å². The minimum atomic E-state index is 0.700. The fourth-order valence-corrected chi connectivity index (χ4v) is 1.65. The largest absolute Gasteiger partial charge is 0.294 e. The van der Waals surface area contributed by atoms with Gasteiger partial charge in [0.2, 0.25) is 0 Å². The molecule has 1 fully saturated rings. The Morgan fingerprint density at radius 1 is 1.67 bits per heavy atom. The summed E-state index contributed by atoms with van der Waals surface area (Å²) in [6.07, 6.45) is 2.34. The highest BCUT2D eigenvalue weighted by Gasteiger charge is 2.12. The van der Waals surface area contributed by atoms with Crippen LogP contribution in [0.4, 0.5) is 0 Å². The van der Waals surface area contributed by atoms with Gasteiger partial charge in [-0.15, -0.1) is 0 Å². The Morgan fingerprint density at radius 2 is 2.42 bits per heavy atom. The Bertz CT molecular complexity index is 199. The van der Waals surface area contributed by atoms with E-state index in [4.69, 9.17) is 23.2 Å². The quantitative estimate of drug-likeness (QED) is 0.628. The van der Waals surface area contributed by atoms with E-state index >= 15 is 0 Å². The lowest BCUT2D eigenvalue weighted by molar-refractivity contribution is 0.291. The fourth-order valence-electron chi connectivity index (χ4n) is 1.41. The second-order valence-electron chi connectivity index (χ2n) is 3.12. The third kappa shape index (κ3) is 3.18. The molecule has 0 aromatic rings. The zero-order valence-electron chi connectivity index (χ0n) is 7.02. The summed E-state index contributed by atoms with van der Waals surface area (Å²) in [7, 11) is 0. The number of likely N-dealkylation sites (tertiary alicyclic amines) is 1. The van der Waals surface area contributed by atoms with Crippen LogP contribution in [0.1, 0.15) is 12.8 Å². The third-order valence-corrected chi connectivity index (χ3v) is 2.55. The van der Waals surface area contributed by atoms with Gasteiger partial charge in [0.1, 0.15) is 0 Å². The first-order valence-corrected chi connectivity index (χ1v) is 4.87. The molecule has 68 valence electrons. The van der Waals surface area contributed by atoms with Crippen LogP contribution in [0.3, 0.4) is 0 Å². The van der Waals surface area contributed by atoms with Crippen molar-refractivity contribution in [2.24, 2.45) is 0 Å². The fraction of sp³-hybridized carbons (Fsp3) is 0.556. The molecule has 1 aliphatic rings. The normalized spacial score (nSPS) is 21.5. The summed E-state index contributed by atoms with van der Waals surface area (Å²) in [5, 5.41) is 0.700. The zero-order chi connectivity index (χ0) is 8.97. The van der Waals surface area contributed by atoms with E-state index < -0.39 is 0 Å². The molecule has 0 aromatic carbocycles. The molecule has 1 saturated heterocycles. The summed E-state index contributed by atoms with van der Waals surface area (Å²) >= 11 is 11.3. The predicted molar refractivity (Wildman–Crippen MR) is 54.6 cm³/mol. The van der Waals surface area contributed by atoms with E-state index in [0.717, 1.165) is 26.1 Å². The molecule has 1 heterocycles. The standard InChI is InChI=1S/C9H13Cl2N/c1-8-3-2-4-12(6-8)7-9(11)5-10/h5H,1-4,6-7H2/b9-5+. The van der Waals surface area contributed by atoms with Gasteiger partial charge in [-0.25, -0.2) is 0 Å². The molecule has 0 amide bonds. The van der Waals surface area contributed by atoms with E-state index in [9.17, 15) is 0 Å². The third-order valence-electron chi connectivity index (χ3n) is 1.94. The van der Waals surface area contributed by atoms with Crippen molar-refractivity contribution in [1.29, 1.82) is 0 Å². The van der Waals surface area contributed by atoms with E-state index in [2.05, 4.69) is 11.5 Å². The smallest absolute Gasteiger partial charge is 0.0434 e. The summed E-state index contributed by atoms with van der Waals surface area (Å²) < 4.78 is 0. The van der Waals surface area contributed by atoms with Crippen LogP contribution in [0.15, 0.2) is 22.7 Å². The molecule has 0 N–H and O–H groups in total. The van der Waals surface area contributed by atoms with Crippen LogP contribution < -0.4 is 0 Å². The molecule has 0 saturated carbocycles. The predicted octanol–water partition coefficient (Wildman–Crippen LogP) is 2.96. The van der Waals surface area contributed by atoms with Gasteiger partial charge in [-0.05, 0) is 19.4 Å². The van der Waals surface area contributed by atoms with Gasteiger partial charge in [-0.2, -0.15) is 0 Å². The summed E-state index contributed by atoms with van der Waals surface area (Å²) in [6.45, 7) is 6.77. The maximum Gasteiger partial charge on any atom is 0.0434 e. The molecule has 3 heteroatoms. The SMILES string of the molecule is C=C1CCCN(C/C(Cl)=C\Cl)C1. The Kier molecular flexibility index (Phi) is 4.13. The van der Waals surface area contributed by atoms with Crippen LogP contribution in [0.25, 0.3) is 0 Å². The average molecular weight is 206 g/mol. The molecule has 1 rings (SSSR count). The van der Waals surface area contributed by atoms with Gasteiger partial charge in [0, 0.05) is 23.7 Å². The van der Waals surface area contributed by atoms with Gasteiger partial charge in [-0.1, -0.05) is 35.4 Å². The molecule has 0 unspecified atom stereocenters. The van der Waals surface area contributed by atoms with E-state index in [1.807, 2.05) is 0 Å². The van der Waals surface area contributed by atoms with Crippen molar-refractivity contribution in [3.63, 3.8) is 0 Å². The van der Waals surface area contributed by atoms with Gasteiger partial charge in [-0.3, -0.25) is 4.90 Å². The van der Waals surface area contributed by atoms with Gasteiger partial charge in [0.05, 0.1) is 0 Å². The minimum absolute atomic E-state index is 0.700. The van der Waals surface area contributed by atoms with Crippen molar-refractivity contribution in [2.75, 3.05) is 19.6 Å². The number of hydrogen-bond donors (Lipinski definition) is 0. The van der Waals surface area contributed by atoms with Gasteiger partial charge >= 0.3 is 0 Å². The molecule has 1 nitrogen and oxygen atoms in total. The number of piperidine rings is 1. The van der Waals surface area contributed by atoms with E-state index in [0.29, 0.717) is 5.03 Å². The molecule has 12 heavy (non-hydrogen) atoms. The zero-order valence-corrected chi connectivity index (χ0v) is 8.53. The number of hydrogen-bond acceptors (Lipinski definition) is 1. The van der Waals surface area contributed by atoms with Crippen LogP contribution in [0.2, 0.25) is 0 Å². The number of rotatable bonds is 2. The van der Waals surface area contributed by atoms with Crippen LogP contribution in [-0.2, 0) is 0 Å². The molecular weight excluding hydrogens is 193 g/mol. The first-order valence-electron chi connectivity index (χ1n) is 4.06. The highest BCUT2D eigenvalue weighted by Crippen LogP contribution is 2.16. The van der Waals surface area contributed by atoms with Crippen LogP contribution in [0, 0.1) is 0 Å². The van der Waals surface area contributed by atoms with E-state index in [-0.39, 0.29) is 0 Å². The van der Waals surface area contributed by atoms with Crippen molar-refractivity contribution in [2.45, 2.75) is 12.8 Å². The van der Waals surface area contributed by atoms with Crippen molar-refractivity contribution in [3.8, 4) is 0 Å². The van der Waals surface area contributed by atoms with Crippen molar-refractivity contribution in [3.05, 3.63) is 22.7 Å². The molecule has 1 aliphatic heterocycles. The van der Waals surface area contributed by atoms with Crippen molar-refractivity contribution in [1.82, 2.24) is 4.90 Å². The van der Waals surface area contributed by atoms with Crippen molar-refractivity contribution < 1.29 is 0 Å². The number of nitrogens with zero attached hydrogens (tertiary/aromatic N) is 1. The lowest BCUT2D eigenvalue weighted by Crippen LogP contribution is -2.31. The number of halogens is 2. The molecule has 0 spiro atoms. The van der Waals surface area contributed by atoms with Gasteiger partial charge < -0.3 is 0 Å². The lowest BCUT2D eigenvalue weighted by Gasteiger charge is -2.27. The maximum absolute atomic E-state index is 5.80. The Hall–Kier alpha value is 0.0200. The summed E-state index contributed by atoms with van der Waals surface area (Å²) in [5.74, 6) is 0.